The number of ether oxygens (including phenoxy) is 1. The maximum absolute atomic E-state index is 5.52. The molecule has 0 aromatic heterocycles. The molecule has 0 spiro atoms. The quantitative estimate of drug-likeness (QED) is 0.915. The fraction of sp³-hybridized carbons (Fsp3) is 0.647. The Kier molecular flexibility index (Phi) is 5.44. The molecule has 3 heteroatoms. The summed E-state index contributed by atoms with van der Waals surface area (Å²) in [4.78, 5) is 2.59. The normalized spacial score (nSPS) is 24.4. The molecule has 1 aromatic rings. The van der Waals surface area contributed by atoms with E-state index in [1.807, 2.05) is 0 Å². The number of nitrogens with one attached hydrogen (secondary N) is 1. The number of methoxy groups -OCH3 is 1. The van der Waals surface area contributed by atoms with Gasteiger partial charge in [-0.3, -0.25) is 4.90 Å². The molecule has 1 heterocycles. The number of hydrogen-bond acceptors (Lipinski definition) is 3. The van der Waals surface area contributed by atoms with E-state index in [4.69, 9.17) is 4.74 Å². The first-order chi connectivity index (χ1) is 9.63. The van der Waals surface area contributed by atoms with Crippen LogP contribution in [0.1, 0.15) is 37.8 Å². The molecule has 2 atom stereocenters. The minimum absolute atomic E-state index is 0.607. The summed E-state index contributed by atoms with van der Waals surface area (Å²) < 4.78 is 5.52. The van der Waals surface area contributed by atoms with E-state index in [0.29, 0.717) is 12.1 Å². The molecule has 1 N–H and O–H groups in total. The maximum atomic E-state index is 5.52. The van der Waals surface area contributed by atoms with E-state index in [2.05, 4.69) is 49.2 Å². The van der Waals surface area contributed by atoms with Gasteiger partial charge in [-0.05, 0) is 39.3 Å². The Morgan fingerprint density at radius 3 is 2.90 bits per heavy atom. The summed E-state index contributed by atoms with van der Waals surface area (Å²) in [6, 6.07) is 7.68. The molecule has 1 fully saturated rings. The molecule has 0 amide bonds. The van der Waals surface area contributed by atoms with Crippen LogP contribution in [0.25, 0.3) is 0 Å². The van der Waals surface area contributed by atoms with E-state index in [-0.39, 0.29) is 0 Å². The Hall–Kier alpha value is -1.06. The maximum Gasteiger partial charge on any atom is 0.123 e. The zero-order valence-electron chi connectivity index (χ0n) is 13.3. The Bertz CT molecular complexity index is 433. The summed E-state index contributed by atoms with van der Waals surface area (Å²) >= 11 is 0. The first-order valence-electron chi connectivity index (χ1n) is 7.75. The van der Waals surface area contributed by atoms with E-state index in [1.54, 1.807) is 7.11 Å². The monoisotopic (exact) mass is 276 g/mol. The van der Waals surface area contributed by atoms with Crippen LogP contribution < -0.4 is 10.1 Å². The molecule has 1 aliphatic heterocycles. The van der Waals surface area contributed by atoms with Crippen LogP contribution in [0.3, 0.4) is 0 Å². The summed E-state index contributed by atoms with van der Waals surface area (Å²) in [5.74, 6) is 1.01. The number of benzene rings is 1. The zero-order valence-corrected chi connectivity index (χ0v) is 13.3. The second kappa shape index (κ2) is 7.09. The van der Waals surface area contributed by atoms with Crippen LogP contribution >= 0.6 is 0 Å². The topological polar surface area (TPSA) is 24.5 Å². The van der Waals surface area contributed by atoms with Gasteiger partial charge < -0.3 is 10.1 Å². The van der Waals surface area contributed by atoms with E-state index < -0.39 is 0 Å². The zero-order chi connectivity index (χ0) is 14.5. The van der Waals surface area contributed by atoms with E-state index in [1.165, 1.54) is 24.0 Å². The Labute approximate surface area is 123 Å². The summed E-state index contributed by atoms with van der Waals surface area (Å²) in [5.41, 5.74) is 2.60. The van der Waals surface area contributed by atoms with Crippen molar-refractivity contribution < 1.29 is 4.74 Å². The van der Waals surface area contributed by atoms with E-state index >= 15 is 0 Å². The number of aryl methyl sites for hydroxylation is 1. The molecule has 112 valence electrons. The van der Waals surface area contributed by atoms with Gasteiger partial charge >= 0.3 is 0 Å². The molecule has 2 rings (SSSR count). The Morgan fingerprint density at radius 1 is 1.40 bits per heavy atom. The second-order valence-corrected chi connectivity index (χ2v) is 5.94. The highest BCUT2D eigenvalue weighted by Gasteiger charge is 2.22. The van der Waals surface area contributed by atoms with Gasteiger partial charge in [-0.1, -0.05) is 24.6 Å². The Morgan fingerprint density at radius 2 is 2.20 bits per heavy atom. The van der Waals surface area contributed by atoms with Crippen LogP contribution in [0.5, 0.6) is 5.75 Å². The fourth-order valence-electron chi connectivity index (χ4n) is 2.95. The fourth-order valence-corrected chi connectivity index (χ4v) is 2.95. The molecule has 0 aliphatic carbocycles. The minimum Gasteiger partial charge on any atom is -0.496 e. The average Bonchev–Trinajstić information content (AvgIpc) is 2.61. The van der Waals surface area contributed by atoms with Crippen LogP contribution in [-0.2, 0) is 6.54 Å². The number of rotatable bonds is 4. The van der Waals surface area contributed by atoms with E-state index in [0.717, 1.165) is 25.4 Å². The van der Waals surface area contributed by atoms with Gasteiger partial charge in [0.15, 0.2) is 0 Å². The molecule has 0 saturated carbocycles. The number of hydrogen-bond donors (Lipinski definition) is 1. The molecule has 20 heavy (non-hydrogen) atoms. The first kappa shape index (κ1) is 15.3. The average molecular weight is 276 g/mol. The van der Waals surface area contributed by atoms with Crippen molar-refractivity contribution in [1.29, 1.82) is 0 Å². The SMILES string of the molecule is CCC1CN(Cc2cc(C)ccc2OC)C(C)CCN1. The van der Waals surface area contributed by atoms with E-state index in [9.17, 15) is 0 Å². The van der Waals surface area contributed by atoms with Crippen LogP contribution in [0, 0.1) is 6.92 Å². The highest BCUT2D eigenvalue weighted by Crippen LogP contribution is 2.23. The molecule has 1 aromatic carbocycles. The lowest BCUT2D eigenvalue weighted by atomic mass is 10.1. The highest BCUT2D eigenvalue weighted by molar-refractivity contribution is 5.36. The van der Waals surface area contributed by atoms with Gasteiger partial charge in [-0.15, -0.1) is 0 Å². The second-order valence-electron chi connectivity index (χ2n) is 5.94. The summed E-state index contributed by atoms with van der Waals surface area (Å²) in [7, 11) is 1.76. The molecule has 0 radical (unpaired) electrons. The van der Waals surface area contributed by atoms with Crippen molar-refractivity contribution >= 4 is 0 Å². The van der Waals surface area contributed by atoms with Crippen molar-refractivity contribution in [2.75, 3.05) is 20.2 Å². The van der Waals surface area contributed by atoms with Crippen LogP contribution in [-0.4, -0.2) is 37.2 Å². The predicted octanol–water partition coefficient (Wildman–Crippen LogP) is 2.97. The molecule has 1 saturated heterocycles. The van der Waals surface area contributed by atoms with Crippen molar-refractivity contribution in [3.63, 3.8) is 0 Å². The van der Waals surface area contributed by atoms with Gasteiger partial charge in [0.2, 0.25) is 0 Å². The van der Waals surface area contributed by atoms with Gasteiger partial charge in [0.25, 0.3) is 0 Å². The summed E-state index contributed by atoms with van der Waals surface area (Å²) in [6.45, 7) is 9.96. The van der Waals surface area contributed by atoms with Crippen LogP contribution in [0.4, 0.5) is 0 Å². The largest absolute Gasteiger partial charge is 0.496 e. The predicted molar refractivity (Wildman–Crippen MR) is 84.3 cm³/mol. The molecule has 3 nitrogen and oxygen atoms in total. The third-order valence-electron chi connectivity index (χ3n) is 4.38. The molecular formula is C17H28N2O. The minimum atomic E-state index is 0.607. The lowest BCUT2D eigenvalue weighted by Gasteiger charge is -2.29. The van der Waals surface area contributed by atoms with Crippen molar-refractivity contribution in [1.82, 2.24) is 10.2 Å². The third kappa shape index (κ3) is 3.74. The van der Waals surface area contributed by atoms with Crippen molar-refractivity contribution in [2.45, 2.75) is 52.2 Å². The smallest absolute Gasteiger partial charge is 0.123 e. The van der Waals surface area contributed by atoms with Crippen LogP contribution in [0.15, 0.2) is 18.2 Å². The molecular weight excluding hydrogens is 248 g/mol. The first-order valence-corrected chi connectivity index (χ1v) is 7.75. The van der Waals surface area contributed by atoms with Gasteiger partial charge in [0.1, 0.15) is 5.75 Å². The van der Waals surface area contributed by atoms with Gasteiger partial charge in [0.05, 0.1) is 7.11 Å². The third-order valence-corrected chi connectivity index (χ3v) is 4.38. The van der Waals surface area contributed by atoms with Crippen LogP contribution in [0.2, 0.25) is 0 Å². The lowest BCUT2D eigenvalue weighted by Crippen LogP contribution is -2.39. The summed E-state index contributed by atoms with van der Waals surface area (Å²) in [5, 5.41) is 3.64. The standard InChI is InChI=1S/C17H28N2O/c1-5-16-12-19(14(3)8-9-18-16)11-15-10-13(2)6-7-17(15)20-4/h6-7,10,14,16,18H,5,8-9,11-12H2,1-4H3. The summed E-state index contributed by atoms with van der Waals surface area (Å²) in [6.07, 6.45) is 2.40. The highest BCUT2D eigenvalue weighted by atomic mass is 16.5. The molecule has 0 bridgehead atoms. The van der Waals surface area contributed by atoms with Gasteiger partial charge in [-0.25, -0.2) is 0 Å². The van der Waals surface area contributed by atoms with Crippen molar-refractivity contribution in [3.8, 4) is 5.75 Å². The Balaban J connectivity index is 2.15. The molecule has 1 aliphatic rings. The number of nitrogens with zero attached hydrogens (tertiary/aromatic N) is 1. The van der Waals surface area contributed by atoms with Gasteiger partial charge in [-0.2, -0.15) is 0 Å². The van der Waals surface area contributed by atoms with Crippen molar-refractivity contribution in [3.05, 3.63) is 29.3 Å². The van der Waals surface area contributed by atoms with Crippen molar-refractivity contribution in [2.24, 2.45) is 0 Å². The lowest BCUT2D eigenvalue weighted by molar-refractivity contribution is 0.192. The van der Waals surface area contributed by atoms with Gasteiger partial charge in [0, 0.05) is 30.7 Å². The molecule has 2 unspecified atom stereocenters.